The number of hydrogen-bond donors (Lipinski definition) is 1. The van der Waals surface area contributed by atoms with Gasteiger partial charge in [0.15, 0.2) is 0 Å². The number of rotatable bonds is 4. The minimum Gasteiger partial charge on any atom is -0.492 e. The van der Waals surface area contributed by atoms with Crippen LogP contribution in [0, 0.1) is 18.8 Å². The Morgan fingerprint density at radius 3 is 2.81 bits per heavy atom. The average Bonchev–Trinajstić information content (AvgIpc) is 2.26. The van der Waals surface area contributed by atoms with Gasteiger partial charge in [-0.3, -0.25) is 0 Å². The van der Waals surface area contributed by atoms with Crippen LogP contribution in [0.25, 0.3) is 0 Å². The van der Waals surface area contributed by atoms with Gasteiger partial charge in [0, 0.05) is 18.0 Å². The summed E-state index contributed by atoms with van der Waals surface area (Å²) < 4.78 is 5.67. The van der Waals surface area contributed by atoms with E-state index in [0.29, 0.717) is 6.61 Å². The molecule has 0 aliphatic rings. The number of aryl methyl sites for hydroxylation is 1. The number of hydrogen-bond acceptors (Lipinski definition) is 2. The van der Waals surface area contributed by atoms with Crippen LogP contribution in [0.1, 0.15) is 37.4 Å². The van der Waals surface area contributed by atoms with Crippen molar-refractivity contribution in [3.63, 3.8) is 0 Å². The Morgan fingerprint density at radius 1 is 1.44 bits per heavy atom. The Balaban J connectivity index is 2.73. The summed E-state index contributed by atoms with van der Waals surface area (Å²) in [6.07, 6.45) is 0.753. The van der Waals surface area contributed by atoms with Crippen LogP contribution in [0.3, 0.4) is 0 Å². The van der Waals surface area contributed by atoms with Crippen molar-refractivity contribution in [2.45, 2.75) is 33.2 Å². The highest BCUT2D eigenvalue weighted by molar-refractivity contribution is 5.38. The second-order valence-corrected chi connectivity index (χ2v) is 3.86. The maximum Gasteiger partial charge on any atom is 0.124 e. The molecule has 2 N–H and O–H groups in total. The zero-order valence-corrected chi connectivity index (χ0v) is 10.2. The summed E-state index contributed by atoms with van der Waals surface area (Å²) in [5, 5.41) is 0. The lowest BCUT2D eigenvalue weighted by atomic mass is 10.1. The van der Waals surface area contributed by atoms with Crippen LogP contribution in [-0.2, 0) is 0 Å². The van der Waals surface area contributed by atoms with Crippen molar-refractivity contribution in [2.24, 2.45) is 5.73 Å². The third-order valence-electron chi connectivity index (χ3n) is 2.32. The largest absolute Gasteiger partial charge is 0.492 e. The summed E-state index contributed by atoms with van der Waals surface area (Å²) in [6.45, 7) is 6.47. The predicted molar refractivity (Wildman–Crippen MR) is 67.3 cm³/mol. The molecule has 1 atom stereocenters. The Labute approximate surface area is 97.8 Å². The molecule has 0 heterocycles. The van der Waals surface area contributed by atoms with Gasteiger partial charge in [0.25, 0.3) is 0 Å². The summed E-state index contributed by atoms with van der Waals surface area (Å²) in [7, 11) is 0. The highest BCUT2D eigenvalue weighted by atomic mass is 16.5. The summed E-state index contributed by atoms with van der Waals surface area (Å²) in [5.41, 5.74) is 8.17. The molecule has 16 heavy (non-hydrogen) atoms. The Morgan fingerprint density at radius 2 is 2.19 bits per heavy atom. The van der Waals surface area contributed by atoms with Crippen LogP contribution in [-0.4, -0.2) is 6.61 Å². The third-order valence-corrected chi connectivity index (χ3v) is 2.32. The van der Waals surface area contributed by atoms with E-state index in [1.54, 1.807) is 0 Å². The zero-order chi connectivity index (χ0) is 12.0. The maximum atomic E-state index is 5.91. The van der Waals surface area contributed by atoms with Crippen molar-refractivity contribution < 1.29 is 4.74 Å². The zero-order valence-electron chi connectivity index (χ0n) is 10.2. The molecule has 2 heteroatoms. The molecule has 0 saturated carbocycles. The molecule has 0 unspecified atom stereocenters. The van der Waals surface area contributed by atoms with Gasteiger partial charge in [-0.1, -0.05) is 17.7 Å². The van der Waals surface area contributed by atoms with Crippen molar-refractivity contribution in [2.75, 3.05) is 6.61 Å². The topological polar surface area (TPSA) is 35.2 Å². The average molecular weight is 217 g/mol. The summed E-state index contributed by atoms with van der Waals surface area (Å²) in [5.74, 6) is 6.69. The molecular weight excluding hydrogens is 198 g/mol. The lowest BCUT2D eigenvalue weighted by Gasteiger charge is -2.14. The van der Waals surface area contributed by atoms with E-state index in [0.717, 1.165) is 17.7 Å². The van der Waals surface area contributed by atoms with Crippen LogP contribution in [0.15, 0.2) is 18.2 Å². The monoisotopic (exact) mass is 217 g/mol. The fraction of sp³-hybridized carbons (Fsp3) is 0.429. The quantitative estimate of drug-likeness (QED) is 0.621. The third kappa shape index (κ3) is 3.60. The highest BCUT2D eigenvalue weighted by Crippen LogP contribution is 2.24. The number of ether oxygens (including phenoxy) is 1. The van der Waals surface area contributed by atoms with Crippen LogP contribution in [0.5, 0.6) is 5.75 Å². The summed E-state index contributed by atoms with van der Waals surface area (Å²) >= 11 is 0. The first-order chi connectivity index (χ1) is 7.65. The fourth-order valence-corrected chi connectivity index (χ4v) is 1.49. The van der Waals surface area contributed by atoms with Gasteiger partial charge in [0.1, 0.15) is 5.75 Å². The first-order valence-electron chi connectivity index (χ1n) is 5.53. The van der Waals surface area contributed by atoms with Gasteiger partial charge in [0.2, 0.25) is 0 Å². The van der Waals surface area contributed by atoms with Crippen molar-refractivity contribution in [1.29, 1.82) is 0 Å². The van der Waals surface area contributed by atoms with E-state index in [1.807, 2.05) is 26.0 Å². The first-order valence-corrected chi connectivity index (χ1v) is 5.53. The van der Waals surface area contributed by atoms with Crippen LogP contribution in [0.4, 0.5) is 0 Å². The van der Waals surface area contributed by atoms with E-state index in [4.69, 9.17) is 10.5 Å². The van der Waals surface area contributed by atoms with Crippen molar-refractivity contribution in [3.05, 3.63) is 29.3 Å². The van der Waals surface area contributed by atoms with Crippen molar-refractivity contribution in [1.82, 2.24) is 0 Å². The predicted octanol–water partition coefficient (Wildman–Crippen LogP) is 2.81. The lowest BCUT2D eigenvalue weighted by molar-refractivity contribution is 0.322. The molecule has 0 amide bonds. The molecule has 1 rings (SSSR count). The van der Waals surface area contributed by atoms with Gasteiger partial charge >= 0.3 is 0 Å². The van der Waals surface area contributed by atoms with E-state index < -0.39 is 0 Å². The Hall–Kier alpha value is -1.46. The molecule has 86 valence electrons. The molecule has 0 aliphatic heterocycles. The van der Waals surface area contributed by atoms with Gasteiger partial charge < -0.3 is 10.5 Å². The van der Waals surface area contributed by atoms with Gasteiger partial charge in [-0.25, -0.2) is 0 Å². The molecule has 0 fully saturated rings. The lowest BCUT2D eigenvalue weighted by Crippen LogP contribution is -2.08. The molecule has 1 aromatic rings. The SMILES string of the molecule is CC#CCCOc1ccc(C)cc1[C@H](C)N. The van der Waals surface area contributed by atoms with E-state index in [-0.39, 0.29) is 6.04 Å². The van der Waals surface area contributed by atoms with Crippen LogP contribution in [0.2, 0.25) is 0 Å². The van der Waals surface area contributed by atoms with Gasteiger partial charge in [-0.2, -0.15) is 0 Å². The molecule has 0 bridgehead atoms. The molecule has 0 saturated heterocycles. The molecular formula is C14H19NO. The van der Waals surface area contributed by atoms with E-state index in [9.17, 15) is 0 Å². The smallest absolute Gasteiger partial charge is 0.124 e. The molecule has 0 aromatic heterocycles. The molecule has 0 aliphatic carbocycles. The Kier molecular flexibility index (Phi) is 4.88. The van der Waals surface area contributed by atoms with E-state index in [2.05, 4.69) is 24.8 Å². The Bertz CT molecular complexity index is 399. The van der Waals surface area contributed by atoms with Crippen LogP contribution >= 0.6 is 0 Å². The highest BCUT2D eigenvalue weighted by Gasteiger charge is 2.07. The maximum absolute atomic E-state index is 5.91. The van der Waals surface area contributed by atoms with Gasteiger partial charge in [0.05, 0.1) is 6.61 Å². The first kappa shape index (κ1) is 12.6. The summed E-state index contributed by atoms with van der Waals surface area (Å²) in [4.78, 5) is 0. The summed E-state index contributed by atoms with van der Waals surface area (Å²) in [6, 6.07) is 6.08. The number of benzene rings is 1. The van der Waals surface area contributed by atoms with Gasteiger partial charge in [-0.05, 0) is 26.8 Å². The minimum atomic E-state index is -0.00726. The fourth-order valence-electron chi connectivity index (χ4n) is 1.49. The molecule has 0 radical (unpaired) electrons. The second-order valence-electron chi connectivity index (χ2n) is 3.86. The number of nitrogens with two attached hydrogens (primary N) is 1. The van der Waals surface area contributed by atoms with E-state index in [1.165, 1.54) is 5.56 Å². The van der Waals surface area contributed by atoms with Crippen LogP contribution < -0.4 is 10.5 Å². The second kappa shape index (κ2) is 6.19. The standard InChI is InChI=1S/C14H19NO/c1-4-5-6-9-16-14-8-7-11(2)10-13(14)12(3)15/h7-8,10,12H,6,9,15H2,1-3H3/t12-/m0/s1. The van der Waals surface area contributed by atoms with Crippen molar-refractivity contribution in [3.8, 4) is 17.6 Å². The minimum absolute atomic E-state index is 0.00726. The van der Waals surface area contributed by atoms with E-state index >= 15 is 0 Å². The van der Waals surface area contributed by atoms with Gasteiger partial charge in [-0.15, -0.1) is 11.8 Å². The van der Waals surface area contributed by atoms with Crippen molar-refractivity contribution >= 4 is 0 Å². The molecule has 0 spiro atoms. The molecule has 2 nitrogen and oxygen atoms in total. The normalized spacial score (nSPS) is 11.5. The molecule has 1 aromatic carbocycles.